The highest BCUT2D eigenvalue weighted by Gasteiger charge is 2.31. The van der Waals surface area contributed by atoms with E-state index in [-0.39, 0.29) is 25.5 Å². The van der Waals surface area contributed by atoms with Gasteiger partial charge in [0.25, 0.3) is 5.91 Å². The molecule has 0 spiro atoms. The van der Waals surface area contributed by atoms with Gasteiger partial charge in [0.1, 0.15) is 6.54 Å². The first-order chi connectivity index (χ1) is 12.8. The molecule has 2 aromatic rings. The van der Waals surface area contributed by atoms with Crippen molar-refractivity contribution in [2.75, 3.05) is 25.1 Å². The number of alkyl halides is 3. The molecule has 1 aromatic carbocycles. The van der Waals surface area contributed by atoms with E-state index in [9.17, 15) is 22.8 Å². The Morgan fingerprint density at radius 1 is 1.30 bits per heavy atom. The van der Waals surface area contributed by atoms with Crippen LogP contribution in [0.3, 0.4) is 0 Å². The van der Waals surface area contributed by atoms with Crippen LogP contribution in [-0.2, 0) is 22.3 Å². The van der Waals surface area contributed by atoms with Gasteiger partial charge in [0.2, 0.25) is 5.91 Å². The molecule has 1 aromatic heterocycles. The second-order valence-corrected chi connectivity index (χ2v) is 6.04. The maximum atomic E-state index is 12.8. The first-order valence-corrected chi connectivity index (χ1v) is 8.04. The second-order valence-electron chi connectivity index (χ2n) is 6.04. The number of benzene rings is 1. The zero-order valence-electron chi connectivity index (χ0n) is 14.4. The average Bonchev–Trinajstić information content (AvgIpc) is 2.63. The van der Waals surface area contributed by atoms with Crippen LogP contribution in [0.15, 0.2) is 42.6 Å². The van der Waals surface area contributed by atoms with Gasteiger partial charge in [0, 0.05) is 19.8 Å². The predicted molar refractivity (Wildman–Crippen MR) is 90.0 cm³/mol. The standard InChI is InChI=1S/C18H16F3N3O3/c1-23(9-12-4-2-5-13(8-12)18(19,20)21)15(25)10-24-16(26)11-27-14-6-3-7-22-17(14)24/h2-8H,9-11H2,1H3. The lowest BCUT2D eigenvalue weighted by Crippen LogP contribution is -2.45. The summed E-state index contributed by atoms with van der Waals surface area (Å²) in [5.41, 5.74) is -0.435. The molecule has 0 unspecified atom stereocenters. The number of pyridine rings is 1. The molecule has 0 bridgehead atoms. The van der Waals surface area contributed by atoms with Crippen LogP contribution in [0.1, 0.15) is 11.1 Å². The molecule has 142 valence electrons. The van der Waals surface area contributed by atoms with Crippen LogP contribution in [0.5, 0.6) is 5.75 Å². The van der Waals surface area contributed by atoms with Crippen LogP contribution in [0.25, 0.3) is 0 Å². The molecular formula is C18H16F3N3O3. The average molecular weight is 379 g/mol. The van der Waals surface area contributed by atoms with E-state index in [0.717, 1.165) is 12.1 Å². The van der Waals surface area contributed by atoms with Crippen LogP contribution in [0, 0.1) is 0 Å². The molecule has 9 heteroatoms. The van der Waals surface area contributed by atoms with Gasteiger partial charge >= 0.3 is 6.18 Å². The monoisotopic (exact) mass is 379 g/mol. The van der Waals surface area contributed by atoms with Crippen molar-refractivity contribution in [2.45, 2.75) is 12.7 Å². The van der Waals surface area contributed by atoms with Crippen LogP contribution in [0.2, 0.25) is 0 Å². The number of rotatable bonds is 4. The van der Waals surface area contributed by atoms with Crippen LogP contribution in [0.4, 0.5) is 19.0 Å². The van der Waals surface area contributed by atoms with Gasteiger partial charge in [-0.05, 0) is 29.8 Å². The van der Waals surface area contributed by atoms with E-state index in [1.165, 1.54) is 35.2 Å². The molecule has 6 nitrogen and oxygen atoms in total. The minimum absolute atomic E-state index is 0.0175. The van der Waals surface area contributed by atoms with Crippen molar-refractivity contribution in [3.63, 3.8) is 0 Å². The summed E-state index contributed by atoms with van der Waals surface area (Å²) >= 11 is 0. The van der Waals surface area contributed by atoms with Crippen molar-refractivity contribution in [2.24, 2.45) is 0 Å². The Kier molecular flexibility index (Phi) is 5.02. The van der Waals surface area contributed by atoms with E-state index in [1.807, 2.05) is 0 Å². The number of nitrogens with zero attached hydrogens (tertiary/aromatic N) is 3. The molecule has 2 heterocycles. The summed E-state index contributed by atoms with van der Waals surface area (Å²) in [5, 5.41) is 0. The Balaban J connectivity index is 1.71. The molecule has 1 aliphatic rings. The zero-order chi connectivity index (χ0) is 19.6. The Labute approximate surface area is 153 Å². The van der Waals surface area contributed by atoms with Crippen molar-refractivity contribution in [1.29, 1.82) is 0 Å². The maximum absolute atomic E-state index is 12.8. The highest BCUT2D eigenvalue weighted by atomic mass is 19.4. The number of anilines is 1. The number of aromatic nitrogens is 1. The number of likely N-dealkylation sites (N-methyl/N-ethyl adjacent to an activating group) is 1. The topological polar surface area (TPSA) is 62.7 Å². The number of ether oxygens (including phenoxy) is 1. The van der Waals surface area contributed by atoms with Crippen molar-refractivity contribution in [1.82, 2.24) is 9.88 Å². The van der Waals surface area contributed by atoms with Gasteiger partial charge in [-0.1, -0.05) is 12.1 Å². The summed E-state index contributed by atoms with van der Waals surface area (Å²) < 4.78 is 43.7. The minimum atomic E-state index is -4.45. The maximum Gasteiger partial charge on any atom is 0.416 e. The van der Waals surface area contributed by atoms with E-state index in [4.69, 9.17) is 4.74 Å². The molecule has 27 heavy (non-hydrogen) atoms. The summed E-state index contributed by atoms with van der Waals surface area (Å²) in [6, 6.07) is 8.06. The summed E-state index contributed by atoms with van der Waals surface area (Å²) in [4.78, 5) is 31.1. The highest BCUT2D eigenvalue weighted by Crippen LogP contribution is 2.30. The summed E-state index contributed by atoms with van der Waals surface area (Å²) in [6.07, 6.45) is -2.97. The molecular weight excluding hydrogens is 363 g/mol. The SMILES string of the molecule is CN(Cc1cccc(C(F)(F)F)c1)C(=O)CN1C(=O)COc2cccnc21. The molecule has 0 radical (unpaired) electrons. The highest BCUT2D eigenvalue weighted by molar-refractivity contribution is 6.01. The van der Waals surface area contributed by atoms with Crippen LogP contribution < -0.4 is 9.64 Å². The Morgan fingerprint density at radius 3 is 2.81 bits per heavy atom. The third kappa shape index (κ3) is 4.18. The molecule has 1 aliphatic heterocycles. The van der Waals surface area contributed by atoms with Gasteiger partial charge in [-0.2, -0.15) is 13.2 Å². The van der Waals surface area contributed by atoms with Gasteiger partial charge in [0.05, 0.1) is 5.56 Å². The summed E-state index contributed by atoms with van der Waals surface area (Å²) in [6.45, 7) is -0.499. The lowest BCUT2D eigenvalue weighted by molar-refractivity contribution is -0.137. The molecule has 2 amide bonds. The third-order valence-corrected chi connectivity index (χ3v) is 4.05. The number of fused-ring (bicyclic) bond motifs is 1. The fourth-order valence-electron chi connectivity index (χ4n) is 2.66. The molecule has 0 atom stereocenters. The second kappa shape index (κ2) is 7.26. The van der Waals surface area contributed by atoms with E-state index in [0.29, 0.717) is 11.3 Å². The molecule has 3 rings (SSSR count). The number of amides is 2. The Bertz CT molecular complexity index is 870. The van der Waals surface area contributed by atoms with Gasteiger partial charge in [0.15, 0.2) is 18.2 Å². The molecule has 0 aliphatic carbocycles. The number of hydrogen-bond acceptors (Lipinski definition) is 4. The van der Waals surface area contributed by atoms with E-state index in [1.54, 1.807) is 12.1 Å². The van der Waals surface area contributed by atoms with Crippen molar-refractivity contribution in [3.05, 3.63) is 53.7 Å². The smallest absolute Gasteiger partial charge is 0.416 e. The van der Waals surface area contributed by atoms with E-state index < -0.39 is 23.6 Å². The first kappa shape index (κ1) is 18.7. The number of carbonyl (C=O) groups excluding carboxylic acids is 2. The largest absolute Gasteiger partial charge is 0.480 e. The van der Waals surface area contributed by atoms with Gasteiger partial charge in [-0.15, -0.1) is 0 Å². The number of carbonyl (C=O) groups is 2. The molecule has 0 saturated carbocycles. The fraction of sp³-hybridized carbons (Fsp3) is 0.278. The van der Waals surface area contributed by atoms with Crippen LogP contribution >= 0.6 is 0 Å². The number of halogens is 3. The van der Waals surface area contributed by atoms with Crippen molar-refractivity contribution < 1.29 is 27.5 Å². The van der Waals surface area contributed by atoms with E-state index >= 15 is 0 Å². The van der Waals surface area contributed by atoms with Gasteiger partial charge in [-0.25, -0.2) is 4.98 Å². The third-order valence-electron chi connectivity index (χ3n) is 4.05. The normalized spacial score (nSPS) is 13.8. The van der Waals surface area contributed by atoms with Crippen LogP contribution in [-0.4, -0.2) is 41.9 Å². The minimum Gasteiger partial charge on any atom is -0.480 e. The Hall–Kier alpha value is -3.10. The van der Waals surface area contributed by atoms with Gasteiger partial charge in [-0.3, -0.25) is 14.5 Å². The van der Waals surface area contributed by atoms with Gasteiger partial charge < -0.3 is 9.64 Å². The predicted octanol–water partition coefficient (Wildman–Crippen LogP) is 2.48. The first-order valence-electron chi connectivity index (χ1n) is 8.04. The summed E-state index contributed by atoms with van der Waals surface area (Å²) in [5.74, 6) is -0.207. The quantitative estimate of drug-likeness (QED) is 0.819. The van der Waals surface area contributed by atoms with Crippen molar-refractivity contribution in [3.8, 4) is 5.75 Å². The lowest BCUT2D eigenvalue weighted by Gasteiger charge is -2.29. The Morgan fingerprint density at radius 2 is 2.07 bits per heavy atom. The van der Waals surface area contributed by atoms with Crippen molar-refractivity contribution >= 4 is 17.6 Å². The molecule has 0 saturated heterocycles. The number of hydrogen-bond donors (Lipinski definition) is 0. The fourth-order valence-corrected chi connectivity index (χ4v) is 2.66. The zero-order valence-corrected chi connectivity index (χ0v) is 14.4. The lowest BCUT2D eigenvalue weighted by atomic mass is 10.1. The molecule has 0 fully saturated rings. The van der Waals surface area contributed by atoms with E-state index in [2.05, 4.69) is 4.98 Å². The molecule has 0 N–H and O–H groups in total. The summed E-state index contributed by atoms with van der Waals surface area (Å²) in [7, 11) is 1.47.